The molecule has 86 valence electrons. The molecule has 0 aliphatic rings. The molecule has 0 amide bonds. The van der Waals surface area contributed by atoms with Crippen LogP contribution >= 0.6 is 0 Å². The molecule has 2 aromatic rings. The van der Waals surface area contributed by atoms with Crippen LogP contribution in [-0.2, 0) is 5.60 Å². The molecule has 3 nitrogen and oxygen atoms in total. The van der Waals surface area contributed by atoms with Crippen molar-refractivity contribution in [3.63, 3.8) is 0 Å². The van der Waals surface area contributed by atoms with Gasteiger partial charge in [0.05, 0.1) is 6.10 Å². The Balaban J connectivity index is 2.54. The Kier molecular flexibility index (Phi) is 2.52. The second-order valence-electron chi connectivity index (χ2n) is 4.64. The van der Waals surface area contributed by atoms with E-state index in [0.29, 0.717) is 5.76 Å². The van der Waals surface area contributed by atoms with E-state index in [4.69, 9.17) is 4.42 Å². The summed E-state index contributed by atoms with van der Waals surface area (Å²) in [5, 5.41) is 20.2. The van der Waals surface area contributed by atoms with Crippen LogP contribution in [0.2, 0.25) is 0 Å². The lowest BCUT2D eigenvalue weighted by Gasteiger charge is -2.12. The van der Waals surface area contributed by atoms with Crippen LogP contribution in [0.25, 0.3) is 11.0 Å². The van der Waals surface area contributed by atoms with Crippen LogP contribution in [0.5, 0.6) is 0 Å². The van der Waals surface area contributed by atoms with Gasteiger partial charge in [0, 0.05) is 5.39 Å². The molecule has 0 aliphatic carbocycles. The van der Waals surface area contributed by atoms with Crippen molar-refractivity contribution in [3.05, 3.63) is 35.6 Å². The van der Waals surface area contributed by atoms with Gasteiger partial charge in [0.15, 0.2) is 0 Å². The number of hydrogen-bond acceptors (Lipinski definition) is 3. The topological polar surface area (TPSA) is 53.6 Å². The van der Waals surface area contributed by atoms with Gasteiger partial charge in [-0.2, -0.15) is 0 Å². The van der Waals surface area contributed by atoms with E-state index >= 15 is 0 Å². The van der Waals surface area contributed by atoms with Gasteiger partial charge >= 0.3 is 0 Å². The van der Waals surface area contributed by atoms with E-state index in [9.17, 15) is 10.2 Å². The molecule has 0 aliphatic heterocycles. The third-order valence-corrected chi connectivity index (χ3v) is 2.63. The van der Waals surface area contributed by atoms with Crippen LogP contribution in [0.3, 0.4) is 0 Å². The molecule has 1 heterocycles. The van der Waals surface area contributed by atoms with Gasteiger partial charge in [-0.05, 0) is 44.5 Å². The lowest BCUT2D eigenvalue weighted by molar-refractivity contribution is 0.0559. The van der Waals surface area contributed by atoms with E-state index in [-0.39, 0.29) is 0 Å². The first-order valence-corrected chi connectivity index (χ1v) is 5.32. The van der Waals surface area contributed by atoms with E-state index < -0.39 is 11.7 Å². The number of hydrogen-bond donors (Lipinski definition) is 2. The maximum Gasteiger partial charge on any atom is 0.136 e. The summed E-state index contributed by atoms with van der Waals surface area (Å²) in [6.45, 7) is 5.08. The maximum atomic E-state index is 9.83. The summed E-state index contributed by atoms with van der Waals surface area (Å²) in [6, 6.07) is 7.32. The van der Waals surface area contributed by atoms with Crippen molar-refractivity contribution >= 4 is 11.0 Å². The second-order valence-corrected chi connectivity index (χ2v) is 4.64. The van der Waals surface area contributed by atoms with Gasteiger partial charge in [0.2, 0.25) is 0 Å². The molecule has 0 saturated carbocycles. The Morgan fingerprint density at radius 2 is 1.94 bits per heavy atom. The van der Waals surface area contributed by atoms with Crippen molar-refractivity contribution in [2.45, 2.75) is 32.5 Å². The fourth-order valence-corrected chi connectivity index (χ4v) is 1.62. The average Bonchev–Trinajstić information content (AvgIpc) is 2.58. The molecule has 0 radical (unpaired) electrons. The van der Waals surface area contributed by atoms with Crippen LogP contribution in [0.15, 0.2) is 28.7 Å². The first-order valence-electron chi connectivity index (χ1n) is 5.32. The van der Waals surface area contributed by atoms with Crippen molar-refractivity contribution in [2.75, 3.05) is 0 Å². The minimum absolute atomic E-state index is 0.495. The van der Waals surface area contributed by atoms with Crippen molar-refractivity contribution in [2.24, 2.45) is 0 Å². The molecule has 2 N–H and O–H groups in total. The molecule has 1 aromatic carbocycles. The minimum Gasteiger partial charge on any atom is -0.458 e. The Morgan fingerprint density at radius 1 is 1.25 bits per heavy atom. The fraction of sp³-hybridized carbons (Fsp3) is 0.385. The first kappa shape index (κ1) is 11.2. The summed E-state index contributed by atoms with van der Waals surface area (Å²) in [6.07, 6.45) is -0.495. The molecule has 0 saturated heterocycles. The number of aliphatic hydroxyl groups excluding tert-OH is 1. The van der Waals surface area contributed by atoms with Crippen LogP contribution in [0, 0.1) is 0 Å². The highest BCUT2D eigenvalue weighted by atomic mass is 16.4. The van der Waals surface area contributed by atoms with E-state index in [1.165, 1.54) is 0 Å². The molecule has 2 rings (SSSR count). The number of benzene rings is 1. The number of aliphatic hydroxyl groups is 2. The van der Waals surface area contributed by atoms with Gasteiger partial charge in [-0.25, -0.2) is 0 Å². The zero-order valence-corrected chi connectivity index (χ0v) is 9.69. The number of rotatable bonds is 2. The molecular formula is C13H16O3. The Labute approximate surface area is 94.3 Å². The van der Waals surface area contributed by atoms with Gasteiger partial charge in [0.25, 0.3) is 0 Å². The smallest absolute Gasteiger partial charge is 0.136 e. The highest BCUT2D eigenvalue weighted by Crippen LogP contribution is 2.29. The van der Waals surface area contributed by atoms with Crippen molar-refractivity contribution in [1.82, 2.24) is 0 Å². The molecule has 0 spiro atoms. The van der Waals surface area contributed by atoms with E-state index in [2.05, 4.69) is 0 Å². The normalized spacial score (nSPS) is 14.3. The molecule has 3 heteroatoms. The lowest BCUT2D eigenvalue weighted by Crippen LogP contribution is -2.13. The second kappa shape index (κ2) is 3.61. The lowest BCUT2D eigenvalue weighted by atomic mass is 10.1. The predicted octanol–water partition coefficient (Wildman–Crippen LogP) is 2.71. The summed E-state index contributed by atoms with van der Waals surface area (Å²) in [5.74, 6) is 0.533. The SMILES string of the molecule is C[C@@H](O)c1ccc2oc(C(C)(C)O)cc2c1. The third-order valence-electron chi connectivity index (χ3n) is 2.63. The summed E-state index contributed by atoms with van der Waals surface area (Å²) < 4.78 is 5.54. The Bertz CT molecular complexity index is 503. The minimum atomic E-state index is -0.982. The van der Waals surface area contributed by atoms with Crippen molar-refractivity contribution in [1.29, 1.82) is 0 Å². The highest BCUT2D eigenvalue weighted by Gasteiger charge is 2.21. The largest absolute Gasteiger partial charge is 0.458 e. The van der Waals surface area contributed by atoms with Gasteiger partial charge in [-0.3, -0.25) is 0 Å². The molecule has 0 fully saturated rings. The van der Waals surface area contributed by atoms with E-state index in [1.54, 1.807) is 26.8 Å². The van der Waals surface area contributed by atoms with Crippen LogP contribution in [0.4, 0.5) is 0 Å². The van der Waals surface area contributed by atoms with Crippen molar-refractivity contribution < 1.29 is 14.6 Å². The number of furan rings is 1. The third kappa shape index (κ3) is 1.96. The van der Waals surface area contributed by atoms with Gasteiger partial charge in [0.1, 0.15) is 16.9 Å². The van der Waals surface area contributed by atoms with Gasteiger partial charge in [-0.15, -0.1) is 0 Å². The molecular weight excluding hydrogens is 204 g/mol. The van der Waals surface area contributed by atoms with Crippen LogP contribution in [0.1, 0.15) is 38.2 Å². The summed E-state index contributed by atoms with van der Waals surface area (Å²) in [5.41, 5.74) is 0.585. The standard InChI is InChI=1S/C13H16O3/c1-8(14)9-4-5-11-10(6-9)7-12(16-11)13(2,3)15/h4-8,14-15H,1-3H3/t8-/m1/s1. The van der Waals surface area contributed by atoms with Gasteiger partial charge in [-0.1, -0.05) is 6.07 Å². The molecule has 0 bridgehead atoms. The zero-order valence-electron chi connectivity index (χ0n) is 9.69. The summed E-state index contributed by atoms with van der Waals surface area (Å²) in [4.78, 5) is 0. The van der Waals surface area contributed by atoms with Crippen LogP contribution < -0.4 is 0 Å². The Morgan fingerprint density at radius 3 is 2.50 bits per heavy atom. The zero-order chi connectivity index (χ0) is 11.9. The molecule has 1 atom stereocenters. The number of fused-ring (bicyclic) bond motifs is 1. The van der Waals surface area contributed by atoms with Crippen LogP contribution in [-0.4, -0.2) is 10.2 Å². The first-order chi connectivity index (χ1) is 7.38. The monoisotopic (exact) mass is 220 g/mol. The van der Waals surface area contributed by atoms with E-state index in [0.717, 1.165) is 16.5 Å². The Hall–Kier alpha value is -1.32. The average molecular weight is 220 g/mol. The van der Waals surface area contributed by atoms with E-state index in [1.807, 2.05) is 18.2 Å². The summed E-state index contributed by atoms with van der Waals surface area (Å²) in [7, 11) is 0. The predicted molar refractivity (Wildman–Crippen MR) is 62.1 cm³/mol. The quantitative estimate of drug-likeness (QED) is 0.818. The maximum absolute atomic E-state index is 9.83. The molecule has 16 heavy (non-hydrogen) atoms. The highest BCUT2D eigenvalue weighted by molar-refractivity contribution is 5.79. The van der Waals surface area contributed by atoms with Crippen molar-refractivity contribution in [3.8, 4) is 0 Å². The summed E-state index contributed by atoms with van der Waals surface area (Å²) >= 11 is 0. The fourth-order valence-electron chi connectivity index (χ4n) is 1.62. The molecule has 1 aromatic heterocycles. The molecule has 0 unspecified atom stereocenters. The van der Waals surface area contributed by atoms with Gasteiger partial charge < -0.3 is 14.6 Å².